The molecule has 0 unspecified atom stereocenters. The Balaban J connectivity index is 2.06. The first-order valence-corrected chi connectivity index (χ1v) is 5.46. The molecule has 1 aromatic rings. The summed E-state index contributed by atoms with van der Waals surface area (Å²) in [7, 11) is 0. The summed E-state index contributed by atoms with van der Waals surface area (Å²) >= 11 is 3.39. The zero-order valence-corrected chi connectivity index (χ0v) is 9.91. The average Bonchev–Trinajstić information content (AvgIpc) is 2.64. The van der Waals surface area contributed by atoms with Crippen molar-refractivity contribution in [1.29, 1.82) is 0 Å². The second-order valence-electron chi connectivity index (χ2n) is 3.29. The van der Waals surface area contributed by atoms with Gasteiger partial charge in [-0.1, -0.05) is 15.9 Å². The fourth-order valence-corrected chi connectivity index (χ4v) is 1.86. The second-order valence-corrected chi connectivity index (χ2v) is 4.15. The standard InChI is InChI=1S/C10H10BrNO4/c11-7-2-9-8(15-5-16-9)1-6(7)3-12-4-10(13)14/h1-2,12H,3-5H2,(H,13,14). The predicted molar refractivity (Wildman–Crippen MR) is 59.6 cm³/mol. The number of hydrogen-bond donors (Lipinski definition) is 2. The fraction of sp³-hybridized carbons (Fsp3) is 0.300. The van der Waals surface area contributed by atoms with E-state index in [4.69, 9.17) is 14.6 Å². The zero-order chi connectivity index (χ0) is 11.5. The SMILES string of the molecule is O=C(O)CNCc1cc2c(cc1Br)OCO2. The molecule has 0 radical (unpaired) electrons. The normalized spacial score (nSPS) is 12.8. The van der Waals surface area contributed by atoms with Crippen molar-refractivity contribution in [3.63, 3.8) is 0 Å². The van der Waals surface area contributed by atoms with Crippen molar-refractivity contribution in [2.45, 2.75) is 6.54 Å². The summed E-state index contributed by atoms with van der Waals surface area (Å²) in [4.78, 5) is 10.3. The van der Waals surface area contributed by atoms with Gasteiger partial charge in [0, 0.05) is 11.0 Å². The fourth-order valence-electron chi connectivity index (χ4n) is 1.40. The first kappa shape index (κ1) is 11.2. The minimum atomic E-state index is -0.878. The van der Waals surface area contributed by atoms with Crippen LogP contribution in [0.4, 0.5) is 0 Å². The summed E-state index contributed by atoms with van der Waals surface area (Å²) in [6.45, 7) is 0.623. The Morgan fingerprint density at radius 2 is 2.12 bits per heavy atom. The highest BCUT2D eigenvalue weighted by atomic mass is 79.9. The van der Waals surface area contributed by atoms with Gasteiger partial charge >= 0.3 is 5.97 Å². The van der Waals surface area contributed by atoms with Crippen LogP contribution in [0.3, 0.4) is 0 Å². The Bertz CT molecular complexity index is 422. The van der Waals surface area contributed by atoms with Crippen molar-refractivity contribution in [3.05, 3.63) is 22.2 Å². The molecule has 16 heavy (non-hydrogen) atoms. The van der Waals surface area contributed by atoms with Gasteiger partial charge in [-0.3, -0.25) is 4.79 Å². The van der Waals surface area contributed by atoms with Gasteiger partial charge in [0.2, 0.25) is 6.79 Å². The number of carbonyl (C=O) groups is 1. The Labute approximate surface area is 100 Å². The van der Waals surface area contributed by atoms with Crippen LogP contribution in [0.1, 0.15) is 5.56 Å². The third-order valence-corrected chi connectivity index (χ3v) is 2.87. The lowest BCUT2D eigenvalue weighted by atomic mass is 10.2. The summed E-state index contributed by atoms with van der Waals surface area (Å²) in [5.74, 6) is 0.515. The molecule has 1 aliphatic heterocycles. The Morgan fingerprint density at radius 1 is 1.44 bits per heavy atom. The van der Waals surface area contributed by atoms with Gasteiger partial charge in [0.1, 0.15) is 0 Å². The molecule has 0 aliphatic carbocycles. The zero-order valence-electron chi connectivity index (χ0n) is 8.33. The molecule has 2 N–H and O–H groups in total. The predicted octanol–water partition coefficient (Wildman–Crippen LogP) is 1.35. The summed E-state index contributed by atoms with van der Waals surface area (Å²) in [5, 5.41) is 11.3. The molecule has 0 amide bonds. The van der Waals surface area contributed by atoms with Crippen LogP contribution in [0.25, 0.3) is 0 Å². The molecule has 0 saturated heterocycles. The van der Waals surface area contributed by atoms with Gasteiger partial charge in [0.25, 0.3) is 0 Å². The van der Waals surface area contributed by atoms with Crippen LogP contribution in [-0.2, 0) is 11.3 Å². The highest BCUT2D eigenvalue weighted by molar-refractivity contribution is 9.10. The van der Waals surface area contributed by atoms with E-state index in [1.807, 2.05) is 12.1 Å². The summed E-state index contributed by atoms with van der Waals surface area (Å²) in [5.41, 5.74) is 0.936. The molecule has 2 rings (SSSR count). The maximum absolute atomic E-state index is 10.3. The minimum Gasteiger partial charge on any atom is -0.480 e. The van der Waals surface area contributed by atoms with E-state index in [0.717, 1.165) is 10.0 Å². The number of carboxylic acids is 1. The maximum Gasteiger partial charge on any atom is 0.317 e. The molecule has 86 valence electrons. The van der Waals surface area contributed by atoms with Gasteiger partial charge in [-0.15, -0.1) is 0 Å². The lowest BCUT2D eigenvalue weighted by Gasteiger charge is -2.06. The molecule has 6 heteroatoms. The highest BCUT2D eigenvalue weighted by Gasteiger charge is 2.16. The van der Waals surface area contributed by atoms with Crippen LogP contribution < -0.4 is 14.8 Å². The number of aliphatic carboxylic acids is 1. The summed E-state index contributed by atoms with van der Waals surface area (Å²) in [6.07, 6.45) is 0. The van der Waals surface area contributed by atoms with E-state index in [0.29, 0.717) is 18.0 Å². The quantitative estimate of drug-likeness (QED) is 0.875. The Hall–Kier alpha value is -1.27. The molecular weight excluding hydrogens is 278 g/mol. The molecule has 5 nitrogen and oxygen atoms in total. The average molecular weight is 288 g/mol. The van der Waals surface area contributed by atoms with Gasteiger partial charge in [0.05, 0.1) is 6.54 Å². The highest BCUT2D eigenvalue weighted by Crippen LogP contribution is 2.36. The van der Waals surface area contributed by atoms with Crippen molar-refractivity contribution < 1.29 is 19.4 Å². The first-order valence-electron chi connectivity index (χ1n) is 4.67. The van der Waals surface area contributed by atoms with E-state index < -0.39 is 5.97 Å². The number of nitrogens with one attached hydrogen (secondary N) is 1. The van der Waals surface area contributed by atoms with E-state index in [2.05, 4.69) is 21.2 Å². The Morgan fingerprint density at radius 3 is 2.81 bits per heavy atom. The number of carboxylic acid groups (broad SMARTS) is 1. The molecule has 0 saturated carbocycles. The lowest BCUT2D eigenvalue weighted by Crippen LogP contribution is -2.22. The molecule has 1 aliphatic rings. The molecular formula is C10H10BrNO4. The van der Waals surface area contributed by atoms with Gasteiger partial charge < -0.3 is 19.9 Å². The van der Waals surface area contributed by atoms with Crippen molar-refractivity contribution in [1.82, 2.24) is 5.32 Å². The molecule has 1 aromatic carbocycles. The molecule has 1 heterocycles. The van der Waals surface area contributed by atoms with Crippen LogP contribution in [0.2, 0.25) is 0 Å². The van der Waals surface area contributed by atoms with E-state index in [1.165, 1.54) is 0 Å². The van der Waals surface area contributed by atoms with Crippen LogP contribution in [0.15, 0.2) is 16.6 Å². The third-order valence-electron chi connectivity index (χ3n) is 2.13. The summed E-state index contributed by atoms with van der Waals surface area (Å²) < 4.78 is 11.3. The first-order chi connectivity index (χ1) is 7.66. The second kappa shape index (κ2) is 4.71. The number of halogens is 1. The molecule has 0 atom stereocenters. The van der Waals surface area contributed by atoms with Crippen molar-refractivity contribution in [3.8, 4) is 11.5 Å². The van der Waals surface area contributed by atoms with Crippen molar-refractivity contribution in [2.75, 3.05) is 13.3 Å². The number of rotatable bonds is 4. The molecule has 0 fully saturated rings. The number of hydrogen-bond acceptors (Lipinski definition) is 4. The largest absolute Gasteiger partial charge is 0.480 e. The van der Waals surface area contributed by atoms with Crippen molar-refractivity contribution in [2.24, 2.45) is 0 Å². The molecule has 0 aromatic heterocycles. The summed E-state index contributed by atoms with van der Waals surface area (Å²) in [6, 6.07) is 3.65. The monoisotopic (exact) mass is 287 g/mol. The van der Waals surface area contributed by atoms with Crippen molar-refractivity contribution >= 4 is 21.9 Å². The van der Waals surface area contributed by atoms with Gasteiger partial charge in [-0.2, -0.15) is 0 Å². The van der Waals surface area contributed by atoms with Gasteiger partial charge in [-0.05, 0) is 17.7 Å². The van der Waals surface area contributed by atoms with Crippen LogP contribution in [-0.4, -0.2) is 24.4 Å². The number of ether oxygens (including phenoxy) is 2. The topological polar surface area (TPSA) is 67.8 Å². The maximum atomic E-state index is 10.3. The third kappa shape index (κ3) is 2.45. The smallest absolute Gasteiger partial charge is 0.317 e. The van der Waals surface area contributed by atoms with Gasteiger partial charge in [-0.25, -0.2) is 0 Å². The van der Waals surface area contributed by atoms with E-state index in [-0.39, 0.29) is 13.3 Å². The number of benzene rings is 1. The molecule has 0 bridgehead atoms. The van der Waals surface area contributed by atoms with Gasteiger partial charge in [0.15, 0.2) is 11.5 Å². The van der Waals surface area contributed by atoms with Crippen LogP contribution >= 0.6 is 15.9 Å². The molecule has 0 spiro atoms. The van der Waals surface area contributed by atoms with Crippen LogP contribution in [0, 0.1) is 0 Å². The Kier molecular flexibility index (Phi) is 3.31. The minimum absolute atomic E-state index is 0.0686. The van der Waals surface area contributed by atoms with E-state index >= 15 is 0 Å². The lowest BCUT2D eigenvalue weighted by molar-refractivity contribution is -0.135. The van der Waals surface area contributed by atoms with E-state index in [1.54, 1.807) is 0 Å². The van der Waals surface area contributed by atoms with E-state index in [9.17, 15) is 4.79 Å². The van der Waals surface area contributed by atoms with Crippen LogP contribution in [0.5, 0.6) is 11.5 Å². The number of fused-ring (bicyclic) bond motifs is 1.